The lowest BCUT2D eigenvalue weighted by Gasteiger charge is -2.28. The van der Waals surface area contributed by atoms with Gasteiger partial charge in [-0.25, -0.2) is 4.79 Å². The Kier molecular flexibility index (Phi) is 6.63. The second-order valence-corrected chi connectivity index (χ2v) is 10.5. The zero-order chi connectivity index (χ0) is 27.8. The molecule has 3 aromatic rings. The lowest BCUT2D eigenvalue weighted by Crippen LogP contribution is -2.43. The summed E-state index contributed by atoms with van der Waals surface area (Å²) in [6.07, 6.45) is 1.81. The van der Waals surface area contributed by atoms with Gasteiger partial charge in [-0.1, -0.05) is 48.5 Å². The number of hydrazine groups is 1. The number of ether oxygens (including phenoxy) is 1. The highest BCUT2D eigenvalue weighted by Crippen LogP contribution is 2.61. The largest absolute Gasteiger partial charge is 0.452 e. The third-order valence-corrected chi connectivity index (χ3v) is 8.29. The lowest BCUT2D eigenvalue weighted by molar-refractivity contribution is -0.125. The molecule has 202 valence electrons. The van der Waals surface area contributed by atoms with Gasteiger partial charge >= 0.3 is 5.97 Å². The van der Waals surface area contributed by atoms with E-state index >= 15 is 0 Å². The van der Waals surface area contributed by atoms with Gasteiger partial charge in [0.05, 0.1) is 23.1 Å². The molecule has 9 heteroatoms. The molecule has 1 saturated heterocycles. The summed E-state index contributed by atoms with van der Waals surface area (Å²) in [6, 6.07) is 24.5. The van der Waals surface area contributed by atoms with Crippen LogP contribution < -0.4 is 15.8 Å². The molecule has 1 aliphatic heterocycles. The Balaban J connectivity index is 1.05. The highest BCUT2D eigenvalue weighted by molar-refractivity contribution is 6.22. The van der Waals surface area contributed by atoms with Gasteiger partial charge in [-0.2, -0.15) is 0 Å². The molecule has 5 atom stereocenters. The van der Waals surface area contributed by atoms with Gasteiger partial charge in [0, 0.05) is 5.56 Å². The van der Waals surface area contributed by atoms with Crippen LogP contribution in [-0.4, -0.2) is 36.2 Å². The number of amides is 4. The Hall–Kier alpha value is -4.79. The molecule has 9 nitrogen and oxygen atoms in total. The third-order valence-electron chi connectivity index (χ3n) is 8.29. The van der Waals surface area contributed by atoms with Crippen molar-refractivity contribution < 1.29 is 28.7 Å². The Morgan fingerprint density at radius 1 is 0.750 bits per heavy atom. The van der Waals surface area contributed by atoms with Crippen molar-refractivity contribution in [2.24, 2.45) is 23.7 Å². The molecule has 3 fully saturated rings. The number of benzene rings is 3. The Morgan fingerprint density at radius 2 is 1.40 bits per heavy atom. The van der Waals surface area contributed by atoms with Crippen LogP contribution in [0.15, 0.2) is 84.9 Å². The Bertz CT molecular complexity index is 1470. The maximum atomic E-state index is 13.5. The smallest absolute Gasteiger partial charge is 0.338 e. The van der Waals surface area contributed by atoms with Crippen LogP contribution in [0.2, 0.25) is 0 Å². The topological polar surface area (TPSA) is 122 Å². The quantitative estimate of drug-likeness (QED) is 0.283. The van der Waals surface area contributed by atoms with E-state index in [1.807, 2.05) is 18.2 Å². The molecule has 40 heavy (non-hydrogen) atoms. The normalized spacial score (nSPS) is 24.5. The molecule has 0 unspecified atom stereocenters. The second kappa shape index (κ2) is 10.4. The molecule has 0 aromatic heterocycles. The number of carbonyl (C=O) groups is 5. The monoisotopic (exact) mass is 537 g/mol. The molecule has 4 amide bonds. The van der Waals surface area contributed by atoms with Crippen LogP contribution in [0, 0.1) is 23.7 Å². The van der Waals surface area contributed by atoms with E-state index in [4.69, 9.17) is 4.74 Å². The summed E-state index contributed by atoms with van der Waals surface area (Å²) < 4.78 is 5.04. The zero-order valence-electron chi connectivity index (χ0n) is 21.5. The first-order chi connectivity index (χ1) is 19.4. The standard InChI is InChI=1S/C31H27N3O6/c35-25(32-33-28(36)19-9-5-2-6-10-19)17-40-31(39)20-11-13-22(14-12-20)34-29(37)26-21-15-23(18-7-3-1-4-8-18)24(16-21)27(26)30(34)38/h1-14,21,23-24,26-27H,15-17H2,(H,32,35)(H,33,36)/t21-,23+,24+,26+,27+/m0/s1. The maximum absolute atomic E-state index is 13.5. The van der Waals surface area contributed by atoms with Crippen molar-refractivity contribution in [2.45, 2.75) is 18.8 Å². The van der Waals surface area contributed by atoms with Crippen LogP contribution in [0.25, 0.3) is 0 Å². The molecule has 1 heterocycles. The van der Waals surface area contributed by atoms with Gasteiger partial charge in [0.25, 0.3) is 11.8 Å². The molecular weight excluding hydrogens is 510 g/mol. The van der Waals surface area contributed by atoms with Crippen molar-refractivity contribution in [1.82, 2.24) is 10.9 Å². The molecule has 2 aliphatic carbocycles. The first kappa shape index (κ1) is 25.5. The van der Waals surface area contributed by atoms with Gasteiger partial charge in [-0.15, -0.1) is 0 Å². The average molecular weight is 538 g/mol. The SMILES string of the molecule is O=C(COC(=O)c1ccc(N2C(=O)[C@@H]3[C@@H]4C[C@@H]([C@H]3C2=O)[C@@H](c2ccccc2)C4)cc1)NNC(=O)c1ccccc1. The van der Waals surface area contributed by atoms with Crippen molar-refractivity contribution in [3.8, 4) is 0 Å². The van der Waals surface area contributed by atoms with Crippen molar-refractivity contribution in [1.29, 1.82) is 0 Å². The fourth-order valence-corrected chi connectivity index (χ4v) is 6.58. The number of hydrogen-bond donors (Lipinski definition) is 2. The van der Waals surface area contributed by atoms with Gasteiger partial charge in [0.15, 0.2) is 6.61 Å². The van der Waals surface area contributed by atoms with Crippen LogP contribution in [-0.2, 0) is 19.1 Å². The van der Waals surface area contributed by atoms with Crippen LogP contribution in [0.4, 0.5) is 5.69 Å². The van der Waals surface area contributed by atoms with Gasteiger partial charge < -0.3 is 4.74 Å². The fraction of sp³-hybridized carbons (Fsp3) is 0.258. The fourth-order valence-electron chi connectivity index (χ4n) is 6.58. The van der Waals surface area contributed by atoms with Gasteiger partial charge in [0.1, 0.15) is 0 Å². The number of nitrogens with one attached hydrogen (secondary N) is 2. The van der Waals surface area contributed by atoms with Crippen LogP contribution in [0.3, 0.4) is 0 Å². The first-order valence-electron chi connectivity index (χ1n) is 13.3. The number of imide groups is 1. The number of anilines is 1. The number of carbonyl (C=O) groups excluding carboxylic acids is 5. The van der Waals surface area contributed by atoms with Crippen LogP contribution >= 0.6 is 0 Å². The molecular formula is C31H27N3O6. The van der Waals surface area contributed by atoms with E-state index in [2.05, 4.69) is 23.0 Å². The summed E-state index contributed by atoms with van der Waals surface area (Å²) in [6.45, 7) is -0.604. The second-order valence-electron chi connectivity index (χ2n) is 10.5. The predicted molar refractivity (Wildman–Crippen MR) is 144 cm³/mol. The van der Waals surface area contributed by atoms with E-state index in [1.54, 1.807) is 42.5 Å². The first-order valence-corrected chi connectivity index (χ1v) is 13.3. The minimum atomic E-state index is -0.754. The molecule has 6 rings (SSSR count). The molecule has 2 N–H and O–H groups in total. The molecule has 3 aromatic carbocycles. The molecule has 0 radical (unpaired) electrons. The lowest BCUT2D eigenvalue weighted by atomic mass is 9.73. The Labute approximate surface area is 230 Å². The van der Waals surface area contributed by atoms with Gasteiger partial charge in [-0.3, -0.25) is 34.9 Å². The summed E-state index contributed by atoms with van der Waals surface area (Å²) in [5, 5.41) is 0. The summed E-state index contributed by atoms with van der Waals surface area (Å²) >= 11 is 0. The highest BCUT2D eigenvalue weighted by atomic mass is 16.5. The van der Waals surface area contributed by atoms with Gasteiger partial charge in [-0.05, 0) is 72.6 Å². The van der Waals surface area contributed by atoms with E-state index < -0.39 is 24.4 Å². The summed E-state index contributed by atoms with van der Waals surface area (Å²) in [4.78, 5) is 64.6. The third kappa shape index (κ3) is 4.53. The number of hydrogen-bond acceptors (Lipinski definition) is 6. The van der Waals surface area contributed by atoms with E-state index in [1.165, 1.54) is 22.6 Å². The molecule has 2 bridgehead atoms. The minimum Gasteiger partial charge on any atom is -0.452 e. The number of rotatable bonds is 6. The molecule has 2 saturated carbocycles. The van der Waals surface area contributed by atoms with Crippen molar-refractivity contribution in [3.05, 3.63) is 102 Å². The van der Waals surface area contributed by atoms with Crippen molar-refractivity contribution in [2.75, 3.05) is 11.5 Å². The molecule has 3 aliphatic rings. The van der Waals surface area contributed by atoms with Crippen LogP contribution in [0.1, 0.15) is 45.0 Å². The summed E-state index contributed by atoms with van der Waals surface area (Å²) in [7, 11) is 0. The number of esters is 1. The van der Waals surface area contributed by atoms with Crippen molar-refractivity contribution in [3.63, 3.8) is 0 Å². The predicted octanol–water partition coefficient (Wildman–Crippen LogP) is 3.23. The van der Waals surface area contributed by atoms with Crippen LogP contribution in [0.5, 0.6) is 0 Å². The highest BCUT2D eigenvalue weighted by Gasteiger charge is 2.64. The van der Waals surface area contributed by atoms with Crippen molar-refractivity contribution >= 4 is 35.3 Å². The van der Waals surface area contributed by atoms with E-state index in [0.717, 1.165) is 12.8 Å². The summed E-state index contributed by atoms with van der Waals surface area (Å²) in [5.41, 5.74) is 6.60. The number of fused-ring (bicyclic) bond motifs is 5. The van der Waals surface area contributed by atoms with E-state index in [0.29, 0.717) is 11.3 Å². The Morgan fingerprint density at radius 3 is 2.10 bits per heavy atom. The summed E-state index contributed by atoms with van der Waals surface area (Å²) in [5.74, 6) is -2.29. The van der Waals surface area contributed by atoms with Gasteiger partial charge in [0.2, 0.25) is 11.8 Å². The maximum Gasteiger partial charge on any atom is 0.338 e. The van der Waals surface area contributed by atoms with E-state index in [-0.39, 0.29) is 47.0 Å². The molecule has 0 spiro atoms. The number of nitrogens with zero attached hydrogens (tertiary/aromatic N) is 1. The van der Waals surface area contributed by atoms with E-state index in [9.17, 15) is 24.0 Å². The zero-order valence-corrected chi connectivity index (χ0v) is 21.5. The minimum absolute atomic E-state index is 0.150. The average Bonchev–Trinajstić information content (AvgIpc) is 3.66.